The molecular formula is C17H16N2O3S. The Morgan fingerprint density at radius 1 is 1.13 bits per heavy atom. The summed E-state index contributed by atoms with van der Waals surface area (Å²) in [5.74, 6) is 0.228. The lowest BCUT2D eigenvalue weighted by Crippen LogP contribution is -2.19. The molecule has 0 aliphatic rings. The number of ether oxygens (including phenoxy) is 1. The van der Waals surface area contributed by atoms with Gasteiger partial charge < -0.3 is 4.74 Å². The number of hydrogen-bond donors (Lipinski definition) is 1. The van der Waals surface area contributed by atoms with Crippen molar-refractivity contribution >= 4 is 29.9 Å². The quantitative estimate of drug-likeness (QED) is 0.291. The van der Waals surface area contributed by atoms with Gasteiger partial charge in [0.1, 0.15) is 5.75 Å². The molecule has 0 saturated carbocycles. The van der Waals surface area contributed by atoms with Crippen LogP contribution in [0.25, 0.3) is 0 Å². The highest BCUT2D eigenvalue weighted by Crippen LogP contribution is 2.16. The van der Waals surface area contributed by atoms with E-state index in [0.717, 1.165) is 10.5 Å². The maximum absolute atomic E-state index is 11.7. The molecule has 1 amide bonds. The standard InChI is InChI=1S/C17H16N2O3S/c1-13(20)22-15-9-7-14(8-10-15)11-18-19-17(21)12-23-16-5-3-2-4-6-16/h2-11H,12H2,1H3,(H,19,21)/b18-11-. The molecule has 0 bridgehead atoms. The Labute approximate surface area is 138 Å². The molecule has 0 radical (unpaired) electrons. The van der Waals surface area contributed by atoms with E-state index in [9.17, 15) is 9.59 Å². The highest BCUT2D eigenvalue weighted by Gasteiger charge is 2.01. The Balaban J connectivity index is 1.77. The number of carbonyl (C=O) groups is 2. The van der Waals surface area contributed by atoms with E-state index in [1.807, 2.05) is 30.3 Å². The number of nitrogens with zero attached hydrogens (tertiary/aromatic N) is 1. The van der Waals surface area contributed by atoms with Crippen molar-refractivity contribution in [2.45, 2.75) is 11.8 Å². The number of esters is 1. The molecule has 2 rings (SSSR count). The Kier molecular flexibility index (Phi) is 6.38. The third kappa shape index (κ3) is 6.36. The van der Waals surface area contributed by atoms with E-state index in [2.05, 4.69) is 10.5 Å². The minimum atomic E-state index is -0.366. The molecule has 0 atom stereocenters. The normalized spacial score (nSPS) is 10.5. The van der Waals surface area contributed by atoms with E-state index in [4.69, 9.17) is 4.74 Å². The number of hydrogen-bond acceptors (Lipinski definition) is 5. The van der Waals surface area contributed by atoms with Gasteiger partial charge in [-0.15, -0.1) is 11.8 Å². The maximum atomic E-state index is 11.7. The third-order valence-electron chi connectivity index (χ3n) is 2.66. The zero-order chi connectivity index (χ0) is 16.5. The Morgan fingerprint density at radius 2 is 1.83 bits per heavy atom. The van der Waals surface area contributed by atoms with Crippen LogP contribution in [0, 0.1) is 0 Å². The van der Waals surface area contributed by atoms with E-state index in [1.165, 1.54) is 24.9 Å². The average molecular weight is 328 g/mol. The second kappa shape index (κ2) is 8.75. The van der Waals surface area contributed by atoms with Crippen molar-refractivity contribution in [1.82, 2.24) is 5.43 Å². The predicted molar refractivity (Wildman–Crippen MR) is 90.7 cm³/mol. The van der Waals surface area contributed by atoms with Crippen molar-refractivity contribution in [3.8, 4) is 5.75 Å². The van der Waals surface area contributed by atoms with Crippen LogP contribution in [0.1, 0.15) is 12.5 Å². The fourth-order valence-corrected chi connectivity index (χ4v) is 2.38. The van der Waals surface area contributed by atoms with Crippen LogP contribution in [0.4, 0.5) is 0 Å². The van der Waals surface area contributed by atoms with Gasteiger partial charge in [0.05, 0.1) is 12.0 Å². The first kappa shape index (κ1) is 16.8. The summed E-state index contributed by atoms with van der Waals surface area (Å²) in [5.41, 5.74) is 3.26. The summed E-state index contributed by atoms with van der Waals surface area (Å²) in [5, 5.41) is 3.90. The van der Waals surface area contributed by atoms with Gasteiger partial charge in [0.2, 0.25) is 5.91 Å². The molecule has 5 nitrogen and oxygen atoms in total. The van der Waals surface area contributed by atoms with E-state index in [0.29, 0.717) is 11.5 Å². The highest BCUT2D eigenvalue weighted by atomic mass is 32.2. The molecule has 0 unspecified atom stereocenters. The van der Waals surface area contributed by atoms with Gasteiger partial charge in [-0.1, -0.05) is 18.2 Å². The van der Waals surface area contributed by atoms with Crippen LogP contribution in [0.2, 0.25) is 0 Å². The summed E-state index contributed by atoms with van der Waals surface area (Å²) in [6.45, 7) is 1.35. The number of hydrazone groups is 1. The van der Waals surface area contributed by atoms with E-state index in [-0.39, 0.29) is 11.9 Å². The number of thioether (sulfide) groups is 1. The first-order valence-electron chi connectivity index (χ1n) is 6.92. The maximum Gasteiger partial charge on any atom is 0.308 e. The number of benzene rings is 2. The van der Waals surface area contributed by atoms with Crippen LogP contribution in [-0.4, -0.2) is 23.8 Å². The van der Waals surface area contributed by atoms with Crippen LogP contribution in [0.15, 0.2) is 64.6 Å². The fraction of sp³-hybridized carbons (Fsp3) is 0.118. The van der Waals surface area contributed by atoms with E-state index >= 15 is 0 Å². The smallest absolute Gasteiger partial charge is 0.308 e. The molecule has 0 heterocycles. The summed E-state index contributed by atoms with van der Waals surface area (Å²) in [7, 11) is 0. The van der Waals surface area contributed by atoms with Gasteiger partial charge in [-0.3, -0.25) is 9.59 Å². The molecule has 0 aliphatic heterocycles. The van der Waals surface area contributed by atoms with Gasteiger partial charge in [0.25, 0.3) is 0 Å². The van der Waals surface area contributed by atoms with Crippen LogP contribution in [0.5, 0.6) is 5.75 Å². The largest absolute Gasteiger partial charge is 0.427 e. The van der Waals surface area contributed by atoms with Gasteiger partial charge in [0.15, 0.2) is 0 Å². The van der Waals surface area contributed by atoms with Gasteiger partial charge >= 0.3 is 5.97 Å². The molecule has 0 saturated heterocycles. The van der Waals surface area contributed by atoms with Gasteiger partial charge in [0, 0.05) is 11.8 Å². The summed E-state index contributed by atoms with van der Waals surface area (Å²) in [4.78, 5) is 23.5. The number of rotatable bonds is 6. The lowest BCUT2D eigenvalue weighted by Gasteiger charge is -2.01. The second-order valence-corrected chi connectivity index (χ2v) is 5.61. The molecule has 118 valence electrons. The first-order chi connectivity index (χ1) is 11.1. The molecular weight excluding hydrogens is 312 g/mol. The van der Waals surface area contributed by atoms with E-state index in [1.54, 1.807) is 24.3 Å². The van der Waals surface area contributed by atoms with Gasteiger partial charge in [-0.2, -0.15) is 5.10 Å². The minimum absolute atomic E-state index is 0.174. The summed E-state index contributed by atoms with van der Waals surface area (Å²) in [6.07, 6.45) is 1.53. The van der Waals surface area contributed by atoms with Crippen LogP contribution in [-0.2, 0) is 9.59 Å². The molecule has 2 aromatic carbocycles. The topological polar surface area (TPSA) is 67.8 Å². The molecule has 0 spiro atoms. The lowest BCUT2D eigenvalue weighted by molar-refractivity contribution is -0.131. The molecule has 6 heteroatoms. The summed E-state index contributed by atoms with van der Waals surface area (Å²) < 4.78 is 4.93. The average Bonchev–Trinajstić information content (AvgIpc) is 2.55. The first-order valence-corrected chi connectivity index (χ1v) is 7.90. The SMILES string of the molecule is CC(=O)Oc1ccc(/C=N\NC(=O)CSc2ccccc2)cc1. The Bertz CT molecular complexity index is 685. The molecule has 23 heavy (non-hydrogen) atoms. The van der Waals surface area contributed by atoms with Crippen molar-refractivity contribution in [1.29, 1.82) is 0 Å². The van der Waals surface area contributed by atoms with Gasteiger partial charge in [-0.25, -0.2) is 5.43 Å². The molecule has 0 aliphatic carbocycles. The Morgan fingerprint density at radius 3 is 2.48 bits per heavy atom. The zero-order valence-electron chi connectivity index (χ0n) is 12.6. The van der Waals surface area contributed by atoms with Crippen molar-refractivity contribution in [3.05, 3.63) is 60.2 Å². The Hall–Kier alpha value is -2.60. The number of amides is 1. The monoisotopic (exact) mass is 328 g/mol. The van der Waals surface area contributed by atoms with Crippen molar-refractivity contribution in [3.63, 3.8) is 0 Å². The lowest BCUT2D eigenvalue weighted by atomic mass is 10.2. The molecule has 0 aromatic heterocycles. The molecule has 1 N–H and O–H groups in total. The van der Waals surface area contributed by atoms with E-state index < -0.39 is 0 Å². The molecule has 2 aromatic rings. The summed E-state index contributed by atoms with van der Waals surface area (Å²) in [6, 6.07) is 16.5. The summed E-state index contributed by atoms with van der Waals surface area (Å²) >= 11 is 1.45. The fourth-order valence-electron chi connectivity index (χ4n) is 1.66. The number of nitrogens with one attached hydrogen (secondary N) is 1. The minimum Gasteiger partial charge on any atom is -0.427 e. The predicted octanol–water partition coefficient (Wildman–Crippen LogP) is 2.85. The van der Waals surface area contributed by atoms with Crippen LogP contribution >= 0.6 is 11.8 Å². The molecule has 0 fully saturated rings. The van der Waals surface area contributed by atoms with Crippen LogP contribution < -0.4 is 10.2 Å². The highest BCUT2D eigenvalue weighted by molar-refractivity contribution is 8.00. The zero-order valence-corrected chi connectivity index (χ0v) is 13.4. The van der Waals surface area contributed by atoms with Crippen LogP contribution in [0.3, 0.4) is 0 Å². The van der Waals surface area contributed by atoms with Crippen molar-refractivity contribution < 1.29 is 14.3 Å². The second-order valence-electron chi connectivity index (χ2n) is 4.56. The number of carbonyl (C=O) groups excluding carboxylic acids is 2. The van der Waals surface area contributed by atoms with Crippen molar-refractivity contribution in [2.24, 2.45) is 5.10 Å². The van der Waals surface area contributed by atoms with Gasteiger partial charge in [-0.05, 0) is 42.0 Å². The van der Waals surface area contributed by atoms with Crippen molar-refractivity contribution in [2.75, 3.05) is 5.75 Å². The third-order valence-corrected chi connectivity index (χ3v) is 3.67.